The smallest absolute Gasteiger partial charge is 0.269 e. The largest absolute Gasteiger partial charge is 0.388 e. The van der Waals surface area contributed by atoms with Crippen LogP contribution in [0.25, 0.3) is 0 Å². The predicted octanol–water partition coefficient (Wildman–Crippen LogP) is 1.75. The van der Waals surface area contributed by atoms with Crippen LogP contribution in [0.15, 0.2) is 48.5 Å². The minimum Gasteiger partial charge on any atom is -0.388 e. The average molecular weight is 448 g/mol. The SMILES string of the molecule is O=[N+]([O-])c1cccc(C2OC[C@H](O)[C@H]([C@H](O)[C@H]3COC(c4cccc([N+](=O)[O-])c4)O3)O2)c1. The number of aliphatic hydroxyl groups excluding tert-OH is 2. The lowest BCUT2D eigenvalue weighted by atomic mass is 10.0. The summed E-state index contributed by atoms with van der Waals surface area (Å²) in [6.07, 6.45) is -6.47. The Morgan fingerprint density at radius 3 is 1.97 bits per heavy atom. The van der Waals surface area contributed by atoms with Gasteiger partial charge in [-0.05, 0) is 0 Å². The van der Waals surface area contributed by atoms with Gasteiger partial charge in [-0.2, -0.15) is 0 Å². The van der Waals surface area contributed by atoms with Crippen molar-refractivity contribution in [2.24, 2.45) is 0 Å². The number of aliphatic hydroxyl groups is 2. The van der Waals surface area contributed by atoms with Crippen molar-refractivity contribution in [3.8, 4) is 0 Å². The van der Waals surface area contributed by atoms with Crippen LogP contribution < -0.4 is 0 Å². The number of non-ortho nitro benzene ring substituents is 2. The Kier molecular flexibility index (Phi) is 6.41. The molecule has 2 aromatic rings. The van der Waals surface area contributed by atoms with Crippen molar-refractivity contribution in [3.63, 3.8) is 0 Å². The summed E-state index contributed by atoms with van der Waals surface area (Å²) in [4.78, 5) is 20.9. The zero-order chi connectivity index (χ0) is 22.8. The van der Waals surface area contributed by atoms with Crippen LogP contribution in [0.1, 0.15) is 23.7 Å². The van der Waals surface area contributed by atoms with Gasteiger partial charge in [0.25, 0.3) is 11.4 Å². The van der Waals surface area contributed by atoms with Crippen LogP contribution in [0.5, 0.6) is 0 Å². The second kappa shape index (κ2) is 9.24. The molecule has 0 spiro atoms. The molecule has 0 amide bonds. The average Bonchev–Trinajstić information content (AvgIpc) is 3.29. The Labute approximate surface area is 181 Å². The standard InChI is InChI=1S/C20H20N2O10/c23-15-9-29-20(12-4-2-6-14(8-12)22(27)28)32-18(15)17(24)16-10-30-19(31-16)11-3-1-5-13(7-11)21(25)26/h1-8,15-20,23-24H,9-10H2/t15-,16+,17+,18+,19?,20?/m0/s1. The molecule has 2 heterocycles. The highest BCUT2D eigenvalue weighted by Gasteiger charge is 2.43. The summed E-state index contributed by atoms with van der Waals surface area (Å²) in [5.41, 5.74) is 0.505. The van der Waals surface area contributed by atoms with Crippen LogP contribution >= 0.6 is 0 Å². The first-order valence-electron chi connectivity index (χ1n) is 9.72. The van der Waals surface area contributed by atoms with Crippen LogP contribution in [0.2, 0.25) is 0 Å². The first kappa shape index (κ1) is 22.2. The molecule has 0 radical (unpaired) electrons. The van der Waals surface area contributed by atoms with Crippen LogP contribution in [0, 0.1) is 20.2 Å². The number of nitro benzene ring substituents is 2. The predicted molar refractivity (Wildman–Crippen MR) is 105 cm³/mol. The van der Waals surface area contributed by atoms with Crippen molar-refractivity contribution < 1.29 is 39.0 Å². The maximum absolute atomic E-state index is 11.0. The lowest BCUT2D eigenvalue weighted by Crippen LogP contribution is -2.52. The monoisotopic (exact) mass is 448 g/mol. The van der Waals surface area contributed by atoms with Crippen LogP contribution in [0.4, 0.5) is 11.4 Å². The molecule has 4 rings (SSSR count). The second-order valence-corrected chi connectivity index (χ2v) is 7.37. The third-order valence-electron chi connectivity index (χ3n) is 5.21. The molecule has 2 N–H and O–H groups in total. The van der Waals surface area contributed by atoms with E-state index in [4.69, 9.17) is 18.9 Å². The molecular formula is C20H20N2O10. The van der Waals surface area contributed by atoms with Crippen molar-refractivity contribution in [2.75, 3.05) is 13.2 Å². The summed E-state index contributed by atoms with van der Waals surface area (Å²) in [5.74, 6) is 0. The lowest BCUT2D eigenvalue weighted by Gasteiger charge is -2.37. The fourth-order valence-corrected chi connectivity index (χ4v) is 3.59. The molecule has 32 heavy (non-hydrogen) atoms. The molecule has 2 unspecified atom stereocenters. The highest BCUT2D eigenvalue weighted by Crippen LogP contribution is 2.35. The third-order valence-corrected chi connectivity index (χ3v) is 5.21. The molecule has 0 bridgehead atoms. The van der Waals surface area contributed by atoms with Crippen molar-refractivity contribution in [1.82, 2.24) is 0 Å². The van der Waals surface area contributed by atoms with Crippen LogP contribution in [-0.2, 0) is 18.9 Å². The van der Waals surface area contributed by atoms with Crippen molar-refractivity contribution >= 4 is 11.4 Å². The molecule has 2 fully saturated rings. The summed E-state index contributed by atoms with van der Waals surface area (Å²) in [5, 5.41) is 43.1. The van der Waals surface area contributed by atoms with E-state index in [9.17, 15) is 30.4 Å². The van der Waals surface area contributed by atoms with Gasteiger partial charge < -0.3 is 29.2 Å². The molecule has 170 valence electrons. The van der Waals surface area contributed by atoms with Gasteiger partial charge in [0.1, 0.15) is 24.4 Å². The first-order chi connectivity index (χ1) is 15.3. The van der Waals surface area contributed by atoms with E-state index in [0.29, 0.717) is 11.1 Å². The number of nitro groups is 2. The molecule has 12 heteroatoms. The summed E-state index contributed by atoms with van der Waals surface area (Å²) in [6.45, 7) is -0.208. The molecule has 2 aromatic carbocycles. The Bertz CT molecular complexity index is 1000. The maximum Gasteiger partial charge on any atom is 0.269 e. The normalized spacial score (nSPS) is 28.9. The number of hydrogen-bond acceptors (Lipinski definition) is 10. The molecule has 2 aliphatic heterocycles. The van der Waals surface area contributed by atoms with Crippen molar-refractivity contribution in [2.45, 2.75) is 37.0 Å². The van der Waals surface area contributed by atoms with E-state index in [1.807, 2.05) is 0 Å². The van der Waals surface area contributed by atoms with Gasteiger partial charge in [0.15, 0.2) is 12.6 Å². The maximum atomic E-state index is 11.0. The van der Waals surface area contributed by atoms with Gasteiger partial charge in [0.2, 0.25) is 0 Å². The molecule has 0 saturated carbocycles. The highest BCUT2D eigenvalue weighted by atomic mass is 16.7. The van der Waals surface area contributed by atoms with Gasteiger partial charge in [-0.3, -0.25) is 20.2 Å². The van der Waals surface area contributed by atoms with Gasteiger partial charge in [-0.15, -0.1) is 0 Å². The summed E-state index contributed by atoms with van der Waals surface area (Å²) in [6, 6.07) is 11.4. The van der Waals surface area contributed by atoms with Gasteiger partial charge >= 0.3 is 0 Å². The molecular weight excluding hydrogens is 428 g/mol. The Morgan fingerprint density at radius 1 is 0.875 bits per heavy atom. The third kappa shape index (κ3) is 4.60. The molecule has 0 aliphatic carbocycles. The fourth-order valence-electron chi connectivity index (χ4n) is 3.59. The number of hydrogen-bond donors (Lipinski definition) is 2. The molecule has 2 aliphatic rings. The van der Waals surface area contributed by atoms with E-state index in [1.54, 1.807) is 12.1 Å². The van der Waals surface area contributed by atoms with E-state index < -0.39 is 46.8 Å². The van der Waals surface area contributed by atoms with Gasteiger partial charge in [-0.1, -0.05) is 24.3 Å². The quantitative estimate of drug-likeness (QED) is 0.491. The Morgan fingerprint density at radius 2 is 1.41 bits per heavy atom. The van der Waals surface area contributed by atoms with Gasteiger partial charge in [0.05, 0.1) is 23.1 Å². The van der Waals surface area contributed by atoms with E-state index in [0.717, 1.165) is 0 Å². The molecule has 0 aromatic heterocycles. The number of ether oxygens (including phenoxy) is 4. The number of nitrogens with zero attached hydrogens (tertiary/aromatic N) is 2. The topological polar surface area (TPSA) is 164 Å². The van der Waals surface area contributed by atoms with Gasteiger partial charge in [0, 0.05) is 35.4 Å². The number of rotatable bonds is 6. The van der Waals surface area contributed by atoms with E-state index in [-0.39, 0.29) is 24.6 Å². The minimum absolute atomic E-state index is 0.0383. The van der Waals surface area contributed by atoms with Crippen molar-refractivity contribution in [1.29, 1.82) is 0 Å². The summed E-state index contributed by atoms with van der Waals surface area (Å²) >= 11 is 0. The highest BCUT2D eigenvalue weighted by molar-refractivity contribution is 5.35. The molecule has 12 nitrogen and oxygen atoms in total. The number of benzene rings is 2. The zero-order valence-electron chi connectivity index (χ0n) is 16.6. The first-order valence-corrected chi connectivity index (χ1v) is 9.72. The Hall–Kier alpha value is -3.00. The zero-order valence-corrected chi connectivity index (χ0v) is 16.6. The van der Waals surface area contributed by atoms with E-state index >= 15 is 0 Å². The summed E-state index contributed by atoms with van der Waals surface area (Å²) in [7, 11) is 0. The fraction of sp³-hybridized carbons (Fsp3) is 0.400. The van der Waals surface area contributed by atoms with E-state index in [2.05, 4.69) is 0 Å². The van der Waals surface area contributed by atoms with Crippen molar-refractivity contribution in [3.05, 3.63) is 79.9 Å². The minimum atomic E-state index is -1.32. The second-order valence-electron chi connectivity index (χ2n) is 7.37. The van der Waals surface area contributed by atoms with E-state index in [1.165, 1.54) is 36.4 Å². The molecule has 2 saturated heterocycles. The Balaban J connectivity index is 1.45. The van der Waals surface area contributed by atoms with Crippen LogP contribution in [-0.4, -0.2) is 57.7 Å². The molecule has 6 atom stereocenters. The van der Waals surface area contributed by atoms with Crippen LogP contribution in [0.3, 0.4) is 0 Å². The van der Waals surface area contributed by atoms with Gasteiger partial charge in [-0.25, -0.2) is 0 Å². The lowest BCUT2D eigenvalue weighted by molar-refractivity contribution is -0.385. The summed E-state index contributed by atoms with van der Waals surface area (Å²) < 4.78 is 22.4.